The molecule has 0 aliphatic heterocycles. The van der Waals surface area contributed by atoms with Crippen LogP contribution in [0.2, 0.25) is 0 Å². The molecular formula is C7H8N2O. The second-order valence-electron chi connectivity index (χ2n) is 1.67. The van der Waals surface area contributed by atoms with Gasteiger partial charge in [-0.25, -0.2) is 0 Å². The number of hydrogen-bond donors (Lipinski definition) is 0. The van der Waals surface area contributed by atoms with Gasteiger partial charge in [0.05, 0.1) is 11.9 Å². The third-order valence-electron chi connectivity index (χ3n) is 0.978. The van der Waals surface area contributed by atoms with Crippen molar-refractivity contribution in [3.63, 3.8) is 0 Å². The van der Waals surface area contributed by atoms with Crippen LogP contribution >= 0.6 is 0 Å². The van der Waals surface area contributed by atoms with Crippen LogP contribution in [0.25, 0.3) is 0 Å². The molecule has 1 aromatic rings. The fraction of sp³-hybridized carbons (Fsp3) is 0.143. The van der Waals surface area contributed by atoms with Crippen LogP contribution in [0.5, 0.6) is 0 Å². The lowest BCUT2D eigenvalue weighted by Crippen LogP contribution is -1.84. The molecule has 3 nitrogen and oxygen atoms in total. The van der Waals surface area contributed by atoms with Gasteiger partial charge in [0, 0.05) is 6.20 Å². The summed E-state index contributed by atoms with van der Waals surface area (Å²) in [5.41, 5.74) is 0.796. The Morgan fingerprint density at radius 2 is 2.50 bits per heavy atom. The Balaban J connectivity index is 2.67. The van der Waals surface area contributed by atoms with Gasteiger partial charge < -0.3 is 4.84 Å². The smallest absolute Gasteiger partial charge is 0.106 e. The van der Waals surface area contributed by atoms with E-state index < -0.39 is 0 Å². The molecule has 0 N–H and O–H groups in total. The normalized spacial score (nSPS) is 10.1. The Morgan fingerprint density at radius 1 is 1.60 bits per heavy atom. The molecular weight excluding hydrogens is 128 g/mol. The van der Waals surface area contributed by atoms with Gasteiger partial charge in [-0.1, -0.05) is 11.2 Å². The number of rotatable bonds is 2. The molecule has 0 aliphatic rings. The lowest BCUT2D eigenvalue weighted by Gasteiger charge is -1.87. The van der Waals surface area contributed by atoms with Crippen molar-refractivity contribution >= 4 is 6.21 Å². The third kappa shape index (κ3) is 1.85. The molecule has 52 valence electrons. The lowest BCUT2D eigenvalue weighted by molar-refractivity contribution is 0.215. The minimum absolute atomic E-state index is 0.796. The molecule has 0 radical (unpaired) electrons. The van der Waals surface area contributed by atoms with Gasteiger partial charge in [-0.05, 0) is 12.1 Å². The van der Waals surface area contributed by atoms with Crippen LogP contribution in [-0.4, -0.2) is 18.3 Å². The second-order valence-corrected chi connectivity index (χ2v) is 1.67. The van der Waals surface area contributed by atoms with Gasteiger partial charge in [-0.3, -0.25) is 4.98 Å². The van der Waals surface area contributed by atoms with Crippen LogP contribution < -0.4 is 0 Å². The molecule has 1 rings (SSSR count). The molecule has 0 unspecified atom stereocenters. The van der Waals surface area contributed by atoms with Crippen molar-refractivity contribution in [3.8, 4) is 0 Å². The Morgan fingerprint density at radius 3 is 3.10 bits per heavy atom. The average molecular weight is 136 g/mol. The Kier molecular flexibility index (Phi) is 2.43. The third-order valence-corrected chi connectivity index (χ3v) is 0.978. The largest absolute Gasteiger partial charge is 0.399 e. The van der Waals surface area contributed by atoms with Gasteiger partial charge in [0.1, 0.15) is 7.11 Å². The van der Waals surface area contributed by atoms with Crippen molar-refractivity contribution in [3.05, 3.63) is 30.1 Å². The molecule has 10 heavy (non-hydrogen) atoms. The number of pyridine rings is 1. The highest BCUT2D eigenvalue weighted by Gasteiger charge is 1.82. The van der Waals surface area contributed by atoms with Crippen LogP contribution in [0.1, 0.15) is 5.69 Å². The number of aromatic nitrogens is 1. The molecule has 1 aromatic heterocycles. The molecule has 0 bridgehead atoms. The van der Waals surface area contributed by atoms with Gasteiger partial charge >= 0.3 is 0 Å². The Hall–Kier alpha value is -1.38. The molecule has 0 spiro atoms. The predicted octanol–water partition coefficient (Wildman–Crippen LogP) is 1.06. The van der Waals surface area contributed by atoms with Gasteiger partial charge in [0.15, 0.2) is 0 Å². The first kappa shape index (κ1) is 6.74. The summed E-state index contributed by atoms with van der Waals surface area (Å²) in [5, 5.41) is 3.55. The maximum Gasteiger partial charge on any atom is 0.106 e. The molecule has 0 aliphatic carbocycles. The fourth-order valence-corrected chi connectivity index (χ4v) is 0.559. The van der Waals surface area contributed by atoms with E-state index in [1.54, 1.807) is 12.4 Å². The van der Waals surface area contributed by atoms with E-state index in [1.807, 2.05) is 18.2 Å². The van der Waals surface area contributed by atoms with E-state index in [4.69, 9.17) is 0 Å². The van der Waals surface area contributed by atoms with Crippen LogP contribution in [0.15, 0.2) is 29.6 Å². The summed E-state index contributed by atoms with van der Waals surface area (Å²) in [6.07, 6.45) is 3.26. The molecule has 3 heteroatoms. The predicted molar refractivity (Wildman–Crippen MR) is 38.8 cm³/mol. The molecule has 0 amide bonds. The lowest BCUT2D eigenvalue weighted by atomic mass is 10.4. The standard InChI is InChI=1S/C7H8N2O/c1-10-9-6-7-4-2-3-5-8-7/h2-6H,1H3/b9-6+. The number of hydrogen-bond acceptors (Lipinski definition) is 3. The van der Waals surface area contributed by atoms with E-state index in [2.05, 4.69) is 15.0 Å². The van der Waals surface area contributed by atoms with Crippen LogP contribution in [0.3, 0.4) is 0 Å². The summed E-state index contributed by atoms with van der Waals surface area (Å²) in [4.78, 5) is 8.46. The van der Waals surface area contributed by atoms with E-state index in [0.29, 0.717) is 0 Å². The van der Waals surface area contributed by atoms with E-state index >= 15 is 0 Å². The zero-order chi connectivity index (χ0) is 7.23. The van der Waals surface area contributed by atoms with Gasteiger partial charge in [0.25, 0.3) is 0 Å². The zero-order valence-corrected chi connectivity index (χ0v) is 5.69. The second kappa shape index (κ2) is 3.61. The summed E-state index contributed by atoms with van der Waals surface area (Å²) < 4.78 is 0. The molecule has 0 fully saturated rings. The molecule has 0 saturated carbocycles. The van der Waals surface area contributed by atoms with Crippen LogP contribution in [-0.2, 0) is 4.84 Å². The minimum Gasteiger partial charge on any atom is -0.399 e. The summed E-state index contributed by atoms with van der Waals surface area (Å²) in [6.45, 7) is 0. The Bertz CT molecular complexity index is 208. The summed E-state index contributed by atoms with van der Waals surface area (Å²) >= 11 is 0. The monoisotopic (exact) mass is 136 g/mol. The maximum absolute atomic E-state index is 4.48. The summed E-state index contributed by atoms with van der Waals surface area (Å²) in [6, 6.07) is 5.59. The summed E-state index contributed by atoms with van der Waals surface area (Å²) in [5.74, 6) is 0. The first-order valence-electron chi connectivity index (χ1n) is 2.91. The highest BCUT2D eigenvalue weighted by Crippen LogP contribution is 1.87. The molecule has 1 heterocycles. The highest BCUT2D eigenvalue weighted by molar-refractivity contribution is 5.76. The first-order chi connectivity index (χ1) is 4.93. The summed E-state index contributed by atoms with van der Waals surface area (Å²) in [7, 11) is 1.50. The SMILES string of the molecule is CO/N=C/c1ccccn1. The van der Waals surface area contributed by atoms with Crippen LogP contribution in [0, 0.1) is 0 Å². The first-order valence-corrected chi connectivity index (χ1v) is 2.91. The van der Waals surface area contributed by atoms with Gasteiger partial charge in [-0.15, -0.1) is 0 Å². The fourth-order valence-electron chi connectivity index (χ4n) is 0.559. The molecule has 0 atom stereocenters. The van der Waals surface area contributed by atoms with Gasteiger partial charge in [-0.2, -0.15) is 0 Å². The van der Waals surface area contributed by atoms with Gasteiger partial charge in [0.2, 0.25) is 0 Å². The quantitative estimate of drug-likeness (QED) is 0.450. The van der Waals surface area contributed by atoms with E-state index in [1.165, 1.54) is 7.11 Å². The van der Waals surface area contributed by atoms with Crippen LogP contribution in [0.4, 0.5) is 0 Å². The Labute approximate surface area is 59.3 Å². The van der Waals surface area contributed by atoms with E-state index in [9.17, 15) is 0 Å². The zero-order valence-electron chi connectivity index (χ0n) is 5.69. The van der Waals surface area contributed by atoms with Crippen molar-refractivity contribution < 1.29 is 4.84 Å². The maximum atomic E-state index is 4.48. The van der Waals surface area contributed by atoms with Crippen molar-refractivity contribution in [2.75, 3.05) is 7.11 Å². The van der Waals surface area contributed by atoms with Crippen molar-refractivity contribution in [2.45, 2.75) is 0 Å². The van der Waals surface area contributed by atoms with E-state index in [-0.39, 0.29) is 0 Å². The van der Waals surface area contributed by atoms with E-state index in [0.717, 1.165) is 5.69 Å². The molecule has 0 saturated heterocycles. The van der Waals surface area contributed by atoms with Crippen molar-refractivity contribution in [1.82, 2.24) is 4.98 Å². The van der Waals surface area contributed by atoms with Crippen molar-refractivity contribution in [2.24, 2.45) is 5.16 Å². The molecule has 0 aromatic carbocycles. The number of nitrogens with zero attached hydrogens (tertiary/aromatic N) is 2. The minimum atomic E-state index is 0.796. The number of oxime groups is 1. The topological polar surface area (TPSA) is 34.5 Å². The average Bonchev–Trinajstić information content (AvgIpc) is 2.03. The highest BCUT2D eigenvalue weighted by atomic mass is 16.6. The van der Waals surface area contributed by atoms with Crippen molar-refractivity contribution in [1.29, 1.82) is 0 Å².